The van der Waals surface area contributed by atoms with Crippen LogP contribution in [0.5, 0.6) is 5.75 Å². The highest BCUT2D eigenvalue weighted by molar-refractivity contribution is 5.97. The number of carbonyl (C=O) groups is 1. The normalized spacial score (nSPS) is 17.3. The highest BCUT2D eigenvalue weighted by Gasteiger charge is 2.34. The highest BCUT2D eigenvalue weighted by Crippen LogP contribution is 2.37. The maximum atomic E-state index is 13.1. The van der Waals surface area contributed by atoms with E-state index in [-0.39, 0.29) is 29.1 Å². The van der Waals surface area contributed by atoms with Crippen LogP contribution in [0.25, 0.3) is 11.0 Å². The number of benzene rings is 1. The minimum atomic E-state index is -0.670. The lowest BCUT2D eigenvalue weighted by molar-refractivity contribution is 0.0706. The van der Waals surface area contributed by atoms with Gasteiger partial charge in [-0.2, -0.15) is 5.10 Å². The minimum absolute atomic E-state index is 0.0203. The molecule has 162 valence electrons. The monoisotopic (exact) mass is 424 g/mol. The van der Waals surface area contributed by atoms with E-state index in [2.05, 4.69) is 5.10 Å². The van der Waals surface area contributed by atoms with Crippen molar-refractivity contribution >= 4 is 16.9 Å². The van der Waals surface area contributed by atoms with Crippen LogP contribution in [0, 0.1) is 0 Å². The number of para-hydroxylation sites is 1. The number of ether oxygens (including phenoxy) is 1. The Balaban J connectivity index is 1.36. The van der Waals surface area contributed by atoms with Crippen molar-refractivity contribution in [2.45, 2.75) is 37.6 Å². The maximum Gasteiger partial charge on any atom is 0.349 e. The van der Waals surface area contributed by atoms with Gasteiger partial charge in [-0.15, -0.1) is 0 Å². The third-order valence-corrected chi connectivity index (χ3v) is 6.22. The number of nitrogens with zero attached hydrogens (tertiary/aromatic N) is 4. The molecule has 0 spiro atoms. The zero-order chi connectivity index (χ0) is 21.7. The Morgan fingerprint density at radius 2 is 1.90 bits per heavy atom. The summed E-state index contributed by atoms with van der Waals surface area (Å²) in [7, 11) is 3.18. The van der Waals surface area contributed by atoms with E-state index in [1.807, 2.05) is 4.57 Å². The molecule has 0 atom stereocenters. The molecule has 9 heteroatoms. The number of piperidine rings is 1. The van der Waals surface area contributed by atoms with Crippen molar-refractivity contribution in [3.8, 4) is 5.75 Å². The predicted octanol–water partition coefficient (Wildman–Crippen LogP) is 2.05. The third-order valence-electron chi connectivity index (χ3n) is 6.22. The van der Waals surface area contributed by atoms with Crippen LogP contribution in [0.3, 0.4) is 0 Å². The number of aromatic nitrogens is 3. The molecule has 0 N–H and O–H groups in total. The second kappa shape index (κ2) is 7.40. The van der Waals surface area contributed by atoms with Crippen molar-refractivity contribution in [2.75, 3.05) is 20.2 Å². The first kappa shape index (κ1) is 19.6. The molecule has 3 aromatic rings. The number of likely N-dealkylation sites (tertiary alicyclic amines) is 1. The van der Waals surface area contributed by atoms with Crippen LogP contribution in [0.2, 0.25) is 0 Å². The first-order valence-corrected chi connectivity index (χ1v) is 10.5. The zero-order valence-corrected chi connectivity index (χ0v) is 17.5. The summed E-state index contributed by atoms with van der Waals surface area (Å²) in [4.78, 5) is 39.7. The molecule has 2 aromatic heterocycles. The topological polar surface area (TPSA) is 99.6 Å². The molecule has 1 saturated carbocycles. The lowest BCUT2D eigenvalue weighted by atomic mass is 9.95. The summed E-state index contributed by atoms with van der Waals surface area (Å²) in [6, 6.07) is 7.10. The Kier molecular flexibility index (Phi) is 4.68. The van der Waals surface area contributed by atoms with Crippen molar-refractivity contribution < 1.29 is 13.9 Å². The van der Waals surface area contributed by atoms with Crippen LogP contribution in [-0.4, -0.2) is 45.4 Å². The van der Waals surface area contributed by atoms with Crippen LogP contribution in [0.1, 0.15) is 53.8 Å². The summed E-state index contributed by atoms with van der Waals surface area (Å²) in [5, 5.41) is 5.11. The van der Waals surface area contributed by atoms with E-state index in [4.69, 9.17) is 9.15 Å². The highest BCUT2D eigenvalue weighted by atomic mass is 16.5. The number of carbonyl (C=O) groups excluding carboxylic acids is 1. The van der Waals surface area contributed by atoms with Crippen molar-refractivity contribution in [2.24, 2.45) is 7.05 Å². The van der Waals surface area contributed by atoms with Crippen LogP contribution in [0.4, 0.5) is 0 Å². The quantitative estimate of drug-likeness (QED) is 0.595. The van der Waals surface area contributed by atoms with Gasteiger partial charge in [0.15, 0.2) is 11.3 Å². The summed E-state index contributed by atoms with van der Waals surface area (Å²) in [5.41, 5.74) is -0.387. The Morgan fingerprint density at radius 3 is 2.58 bits per heavy atom. The maximum absolute atomic E-state index is 13.1. The molecular weight excluding hydrogens is 400 g/mol. The van der Waals surface area contributed by atoms with E-state index in [0.717, 1.165) is 18.7 Å². The van der Waals surface area contributed by atoms with Crippen molar-refractivity contribution in [3.05, 3.63) is 56.6 Å². The van der Waals surface area contributed by atoms with E-state index in [9.17, 15) is 14.4 Å². The molecule has 1 aliphatic carbocycles. The largest absolute Gasteiger partial charge is 0.493 e. The van der Waals surface area contributed by atoms with Gasteiger partial charge < -0.3 is 14.1 Å². The average Bonchev–Trinajstić information content (AvgIpc) is 3.57. The molecule has 5 rings (SSSR count). The Morgan fingerprint density at radius 1 is 1.16 bits per heavy atom. The molecule has 2 fully saturated rings. The first-order valence-electron chi connectivity index (χ1n) is 10.5. The van der Waals surface area contributed by atoms with Gasteiger partial charge in [-0.1, -0.05) is 12.1 Å². The van der Waals surface area contributed by atoms with Gasteiger partial charge in [0.1, 0.15) is 11.4 Å². The number of rotatable bonds is 4. The smallest absolute Gasteiger partial charge is 0.349 e. The molecule has 0 bridgehead atoms. The Labute approximate surface area is 177 Å². The minimum Gasteiger partial charge on any atom is -0.493 e. The summed E-state index contributed by atoms with van der Waals surface area (Å²) in [5.74, 6) is 1.05. The number of fused-ring (bicyclic) bond motifs is 1. The first-order chi connectivity index (χ1) is 15.0. The molecular formula is C22H24N4O5. The Bertz CT molecular complexity index is 1280. The summed E-state index contributed by atoms with van der Waals surface area (Å²) < 4.78 is 13.9. The van der Waals surface area contributed by atoms with Crippen LogP contribution in [0.15, 0.2) is 38.3 Å². The van der Waals surface area contributed by atoms with E-state index < -0.39 is 5.63 Å². The van der Waals surface area contributed by atoms with Gasteiger partial charge in [-0.25, -0.2) is 14.3 Å². The third kappa shape index (κ3) is 3.34. The number of aryl methyl sites for hydroxylation is 1. The van der Waals surface area contributed by atoms with Gasteiger partial charge >= 0.3 is 11.3 Å². The average molecular weight is 424 g/mol. The van der Waals surface area contributed by atoms with Gasteiger partial charge in [0, 0.05) is 37.5 Å². The molecule has 1 aliphatic heterocycles. The fraction of sp³-hybridized carbons (Fsp3) is 0.455. The van der Waals surface area contributed by atoms with E-state index in [0.29, 0.717) is 42.6 Å². The fourth-order valence-corrected chi connectivity index (χ4v) is 4.39. The van der Waals surface area contributed by atoms with Gasteiger partial charge in [0.2, 0.25) is 0 Å². The van der Waals surface area contributed by atoms with E-state index >= 15 is 0 Å². The van der Waals surface area contributed by atoms with Crippen LogP contribution < -0.4 is 16.1 Å². The van der Waals surface area contributed by atoms with Crippen LogP contribution in [-0.2, 0) is 7.05 Å². The molecule has 1 saturated heterocycles. The number of hydrogen-bond donors (Lipinski definition) is 0. The summed E-state index contributed by atoms with van der Waals surface area (Å²) in [6.45, 7) is 0.989. The summed E-state index contributed by atoms with van der Waals surface area (Å²) >= 11 is 0. The molecule has 0 unspecified atom stereocenters. The lowest BCUT2D eigenvalue weighted by Gasteiger charge is -2.31. The van der Waals surface area contributed by atoms with Crippen molar-refractivity contribution in [3.63, 3.8) is 0 Å². The van der Waals surface area contributed by atoms with Gasteiger partial charge in [-0.3, -0.25) is 9.36 Å². The molecule has 9 nitrogen and oxygen atoms in total. The molecule has 0 radical (unpaired) electrons. The van der Waals surface area contributed by atoms with Crippen LogP contribution >= 0.6 is 0 Å². The molecule has 3 heterocycles. The van der Waals surface area contributed by atoms with Crippen molar-refractivity contribution in [1.82, 2.24) is 19.2 Å². The predicted molar refractivity (Wildman–Crippen MR) is 113 cm³/mol. The zero-order valence-electron chi connectivity index (χ0n) is 17.5. The fourth-order valence-electron chi connectivity index (χ4n) is 4.39. The molecule has 2 aliphatic rings. The number of amides is 1. The second-order valence-corrected chi connectivity index (χ2v) is 8.26. The standard InChI is InChI=1S/C22H24N4O5/c1-24-22(29)26(15-6-7-15)19(23-24)13-8-10-25(11-9-13)20(27)16-12-14-4-3-5-17(30-2)18(14)31-21(16)28/h3-5,12-13,15H,6-11H2,1-2H3. The van der Waals surface area contributed by atoms with Gasteiger partial charge in [0.05, 0.1) is 7.11 Å². The second-order valence-electron chi connectivity index (χ2n) is 8.26. The van der Waals surface area contributed by atoms with Gasteiger partial charge in [0.25, 0.3) is 5.91 Å². The molecule has 1 aromatic carbocycles. The van der Waals surface area contributed by atoms with E-state index in [1.54, 1.807) is 36.2 Å². The molecule has 1 amide bonds. The molecule has 31 heavy (non-hydrogen) atoms. The lowest BCUT2D eigenvalue weighted by Crippen LogP contribution is -2.40. The SMILES string of the molecule is COc1cccc2cc(C(=O)N3CCC(c4nn(C)c(=O)n4C4CC4)CC3)c(=O)oc12. The summed E-state index contributed by atoms with van der Waals surface area (Å²) in [6.07, 6.45) is 3.42. The van der Waals surface area contributed by atoms with Crippen molar-refractivity contribution in [1.29, 1.82) is 0 Å². The number of hydrogen-bond acceptors (Lipinski definition) is 6. The van der Waals surface area contributed by atoms with Gasteiger partial charge in [-0.05, 0) is 37.8 Å². The number of methoxy groups -OCH3 is 1. The Hall–Kier alpha value is -3.36. The van der Waals surface area contributed by atoms with E-state index in [1.165, 1.54) is 11.8 Å².